The van der Waals surface area contributed by atoms with Gasteiger partial charge in [-0.2, -0.15) is 0 Å². The van der Waals surface area contributed by atoms with E-state index < -0.39 is 75.5 Å². The molecule has 0 aromatic carbocycles. The van der Waals surface area contributed by atoms with Gasteiger partial charge in [-0.15, -0.1) is 0 Å². The van der Waals surface area contributed by atoms with Crippen LogP contribution < -0.4 is 0 Å². The molecule has 0 aromatic rings. The minimum Gasteiger partial charge on any atom is -0.462 e. The van der Waals surface area contributed by atoms with E-state index in [9.17, 15) is 44.3 Å². The van der Waals surface area contributed by atoms with Crippen LogP contribution in [0.25, 0.3) is 0 Å². The monoisotopic (exact) mass is 668 g/mol. The van der Waals surface area contributed by atoms with Crippen molar-refractivity contribution in [3.63, 3.8) is 0 Å². The first kappa shape index (κ1) is 41.6. The summed E-state index contributed by atoms with van der Waals surface area (Å²) in [5.41, 5.74) is 0. The van der Waals surface area contributed by atoms with Crippen molar-refractivity contribution in [3.05, 3.63) is 0 Å². The molecule has 45 heavy (non-hydrogen) atoms. The zero-order chi connectivity index (χ0) is 33.7. The quantitative estimate of drug-likeness (QED) is 0.0384. The Kier molecular flexibility index (Phi) is 22.0. The molecule has 0 saturated heterocycles. The lowest BCUT2D eigenvalue weighted by Crippen LogP contribution is -2.60. The zero-order valence-electron chi connectivity index (χ0n) is 27.0. The number of esters is 2. The highest BCUT2D eigenvalue weighted by Crippen LogP contribution is 2.48. The summed E-state index contributed by atoms with van der Waals surface area (Å²) >= 11 is 0. The van der Waals surface area contributed by atoms with Gasteiger partial charge in [0, 0.05) is 25.2 Å². The first-order valence-electron chi connectivity index (χ1n) is 16.6. The molecular formula is C31H57O13P. The molecule has 5 unspecified atom stereocenters. The summed E-state index contributed by atoms with van der Waals surface area (Å²) in [6.07, 6.45) is 6.50. The van der Waals surface area contributed by atoms with Crippen LogP contribution in [0.5, 0.6) is 0 Å². The van der Waals surface area contributed by atoms with Gasteiger partial charge < -0.3 is 39.6 Å². The van der Waals surface area contributed by atoms with Crippen molar-refractivity contribution in [1.82, 2.24) is 0 Å². The molecule has 0 bridgehead atoms. The van der Waals surface area contributed by atoms with Crippen molar-refractivity contribution in [2.75, 3.05) is 13.2 Å². The van der Waals surface area contributed by atoms with Crippen molar-refractivity contribution in [2.45, 2.75) is 160 Å². The molecule has 13 nitrogen and oxygen atoms in total. The van der Waals surface area contributed by atoms with Crippen molar-refractivity contribution >= 4 is 26.0 Å². The number of phosphoric acid groups is 1. The number of aldehydes is 1. The van der Waals surface area contributed by atoms with Crippen LogP contribution in [0.15, 0.2) is 0 Å². The van der Waals surface area contributed by atoms with Gasteiger partial charge in [0.1, 0.15) is 37.3 Å². The second kappa shape index (κ2) is 23.8. The minimum atomic E-state index is -4.97. The van der Waals surface area contributed by atoms with E-state index in [1.54, 1.807) is 0 Å². The van der Waals surface area contributed by atoms with E-state index in [2.05, 4.69) is 6.92 Å². The van der Waals surface area contributed by atoms with Gasteiger partial charge in [-0.25, -0.2) is 4.57 Å². The Bertz CT molecular complexity index is 856. The summed E-state index contributed by atoms with van der Waals surface area (Å²) < 4.78 is 33.1. The number of ether oxygens (including phenoxy) is 2. The number of aliphatic hydroxyl groups is 4. The van der Waals surface area contributed by atoms with Crippen molar-refractivity contribution in [2.24, 2.45) is 5.92 Å². The molecule has 14 heteroatoms. The molecule has 0 amide bonds. The van der Waals surface area contributed by atoms with Crippen molar-refractivity contribution < 1.29 is 62.8 Å². The lowest BCUT2D eigenvalue weighted by molar-refractivity contribution is -0.197. The number of hydrogen-bond acceptors (Lipinski definition) is 12. The third-order valence-electron chi connectivity index (χ3n) is 8.04. The summed E-state index contributed by atoms with van der Waals surface area (Å²) in [6.45, 7) is 2.39. The molecule has 1 fully saturated rings. The number of aliphatic hydroxyl groups excluding tert-OH is 4. The molecule has 1 aliphatic rings. The SMILES string of the molecule is CCCCCCCCCCCCCCCC(=O)OC[C@H](COP(=O)(O)O[C@H]1C(C)C(O)C(O)[C@@H](O)C1O)OC(=O)CCCC=O. The molecule has 1 aliphatic carbocycles. The Morgan fingerprint density at radius 1 is 0.733 bits per heavy atom. The number of unbranched alkanes of at least 4 members (excludes halogenated alkanes) is 13. The third kappa shape index (κ3) is 17.9. The van der Waals surface area contributed by atoms with Gasteiger partial charge in [-0.1, -0.05) is 90.9 Å². The van der Waals surface area contributed by atoms with Gasteiger partial charge in [0.2, 0.25) is 0 Å². The standard InChI is InChI=1S/C31H57O13P/c1-3-4-5-6-7-8-9-10-11-12-13-14-15-18-25(33)41-21-24(43-26(34)19-16-17-20-32)22-42-45(39,40)44-31-23(2)27(35)28(36)29(37)30(31)38/h20,23-24,27-31,35-38H,3-19,21-22H2,1-2H3,(H,39,40)/t23?,24-,27?,28?,29-,30?,31+/m1/s1. The minimum absolute atomic E-state index is 0.112. The van der Waals surface area contributed by atoms with Crippen LogP contribution in [0.4, 0.5) is 0 Å². The summed E-state index contributed by atoms with van der Waals surface area (Å²) in [5.74, 6) is -2.31. The van der Waals surface area contributed by atoms with Crippen LogP contribution in [0.3, 0.4) is 0 Å². The summed E-state index contributed by atoms with van der Waals surface area (Å²) in [4.78, 5) is 45.3. The van der Waals surface area contributed by atoms with Crippen LogP contribution in [-0.2, 0) is 37.5 Å². The first-order valence-corrected chi connectivity index (χ1v) is 18.1. The first-order chi connectivity index (χ1) is 21.4. The van der Waals surface area contributed by atoms with Crippen molar-refractivity contribution in [1.29, 1.82) is 0 Å². The maximum Gasteiger partial charge on any atom is 0.472 e. The maximum atomic E-state index is 12.6. The van der Waals surface area contributed by atoms with Gasteiger partial charge in [0.05, 0.1) is 12.7 Å². The van der Waals surface area contributed by atoms with Gasteiger partial charge in [0.15, 0.2) is 6.10 Å². The largest absolute Gasteiger partial charge is 0.472 e. The fourth-order valence-electron chi connectivity index (χ4n) is 5.17. The maximum absolute atomic E-state index is 12.6. The van der Waals surface area contributed by atoms with E-state index in [-0.39, 0.29) is 25.7 Å². The normalized spacial score (nSPS) is 25.3. The lowest BCUT2D eigenvalue weighted by atomic mass is 9.80. The average Bonchev–Trinajstić information content (AvgIpc) is 3.01. The third-order valence-corrected chi connectivity index (χ3v) is 9.02. The molecule has 0 aliphatic heterocycles. The van der Waals surface area contributed by atoms with E-state index in [1.807, 2.05) is 0 Å². The topological polar surface area (TPSA) is 206 Å². The van der Waals surface area contributed by atoms with E-state index in [4.69, 9.17) is 18.5 Å². The smallest absolute Gasteiger partial charge is 0.462 e. The van der Waals surface area contributed by atoms with Gasteiger partial charge in [-0.05, 0) is 12.8 Å². The molecule has 8 atom stereocenters. The van der Waals surface area contributed by atoms with Gasteiger partial charge in [-0.3, -0.25) is 18.6 Å². The average molecular weight is 669 g/mol. The fraction of sp³-hybridized carbons (Fsp3) is 0.903. The number of rotatable bonds is 26. The highest BCUT2D eigenvalue weighted by atomic mass is 31.2. The van der Waals surface area contributed by atoms with Crippen LogP contribution in [0.1, 0.15) is 123 Å². The van der Waals surface area contributed by atoms with Crippen LogP contribution in [0.2, 0.25) is 0 Å². The lowest BCUT2D eigenvalue weighted by Gasteiger charge is -2.42. The summed E-state index contributed by atoms with van der Waals surface area (Å²) in [6, 6.07) is 0. The Morgan fingerprint density at radius 2 is 1.24 bits per heavy atom. The molecule has 0 heterocycles. The molecule has 5 N–H and O–H groups in total. The van der Waals surface area contributed by atoms with E-state index >= 15 is 0 Å². The Labute approximate surface area is 267 Å². The van der Waals surface area contributed by atoms with Crippen LogP contribution in [0, 0.1) is 5.92 Å². The second-order valence-corrected chi connectivity index (χ2v) is 13.4. The summed E-state index contributed by atoms with van der Waals surface area (Å²) in [7, 11) is -4.97. The Hall–Kier alpha value is -1.44. The predicted molar refractivity (Wildman–Crippen MR) is 165 cm³/mol. The van der Waals surface area contributed by atoms with Gasteiger partial charge in [0.25, 0.3) is 0 Å². The summed E-state index contributed by atoms with van der Waals surface area (Å²) in [5, 5.41) is 40.0. The molecule has 1 rings (SSSR count). The van der Waals surface area contributed by atoms with E-state index in [0.717, 1.165) is 19.3 Å². The highest BCUT2D eigenvalue weighted by molar-refractivity contribution is 7.47. The molecule has 0 spiro atoms. The highest BCUT2D eigenvalue weighted by Gasteiger charge is 2.50. The number of carbonyl (C=O) groups excluding carboxylic acids is 3. The number of hydrogen-bond donors (Lipinski definition) is 5. The molecule has 0 aromatic heterocycles. The predicted octanol–water partition coefficient (Wildman–Crippen LogP) is 3.89. The van der Waals surface area contributed by atoms with E-state index in [1.165, 1.54) is 64.7 Å². The molecular weight excluding hydrogens is 611 g/mol. The number of phosphoric ester groups is 1. The number of carbonyl (C=O) groups is 3. The molecule has 264 valence electrons. The molecule has 0 radical (unpaired) electrons. The van der Waals surface area contributed by atoms with Crippen molar-refractivity contribution in [3.8, 4) is 0 Å². The van der Waals surface area contributed by atoms with Crippen LogP contribution in [-0.4, -0.2) is 93.4 Å². The second-order valence-electron chi connectivity index (χ2n) is 12.0. The van der Waals surface area contributed by atoms with Gasteiger partial charge >= 0.3 is 19.8 Å². The molecule has 1 saturated carbocycles. The fourth-order valence-corrected chi connectivity index (χ4v) is 6.21. The van der Waals surface area contributed by atoms with E-state index in [0.29, 0.717) is 12.7 Å². The zero-order valence-corrected chi connectivity index (χ0v) is 27.9. The Morgan fingerprint density at radius 3 is 1.80 bits per heavy atom. The van der Waals surface area contributed by atoms with Crippen LogP contribution >= 0.6 is 7.82 Å². The Balaban J connectivity index is 2.46.